The van der Waals surface area contributed by atoms with Crippen LogP contribution in [0.15, 0.2) is 47.3 Å². The summed E-state index contributed by atoms with van der Waals surface area (Å²) in [5.41, 5.74) is 1.56. The van der Waals surface area contributed by atoms with Gasteiger partial charge in [-0.2, -0.15) is 0 Å². The molecule has 0 bridgehead atoms. The number of nitrogens with one attached hydrogen (secondary N) is 2. The van der Waals surface area contributed by atoms with Crippen LogP contribution in [-0.2, 0) is 17.8 Å². The summed E-state index contributed by atoms with van der Waals surface area (Å²) in [4.78, 5) is 28.1. The molecule has 0 saturated carbocycles. The fourth-order valence-corrected chi connectivity index (χ4v) is 3.19. The quantitative estimate of drug-likeness (QED) is 0.619. The molecule has 1 aromatic heterocycles. The van der Waals surface area contributed by atoms with Crippen molar-refractivity contribution in [1.29, 1.82) is 0 Å². The smallest absolute Gasteiger partial charge is 0.262 e. The summed E-state index contributed by atoms with van der Waals surface area (Å²) in [5, 5.41) is 3.88. The molecule has 0 spiro atoms. The number of nitrogens with zero attached hydrogens (tertiary/aromatic N) is 1. The highest BCUT2D eigenvalue weighted by Crippen LogP contribution is 2.15. The van der Waals surface area contributed by atoms with Crippen molar-refractivity contribution in [2.75, 3.05) is 13.7 Å². The predicted molar refractivity (Wildman–Crippen MR) is 108 cm³/mol. The molecule has 0 aliphatic heterocycles. The van der Waals surface area contributed by atoms with Crippen molar-refractivity contribution < 1.29 is 9.53 Å². The zero-order chi connectivity index (χ0) is 19.4. The van der Waals surface area contributed by atoms with E-state index in [1.165, 1.54) is 4.57 Å². The highest BCUT2D eigenvalue weighted by atomic mass is 35.5. The fraction of sp³-hybridized carbons (Fsp3) is 0.211. The molecule has 3 aromatic rings. The average Bonchev–Trinajstić information content (AvgIpc) is 2.66. The summed E-state index contributed by atoms with van der Waals surface area (Å²) in [6, 6.07) is 12.2. The summed E-state index contributed by atoms with van der Waals surface area (Å²) in [5.74, 6) is -0.264. The van der Waals surface area contributed by atoms with Crippen molar-refractivity contribution >= 4 is 40.6 Å². The highest BCUT2D eigenvalue weighted by Gasteiger charge is 2.11. The number of aromatic nitrogens is 2. The molecule has 0 fully saturated rings. The minimum absolute atomic E-state index is 0.214. The number of amides is 1. The minimum atomic E-state index is -0.264. The van der Waals surface area contributed by atoms with E-state index in [4.69, 9.17) is 28.6 Å². The molecule has 8 heteroatoms. The van der Waals surface area contributed by atoms with Gasteiger partial charge in [-0.1, -0.05) is 29.8 Å². The molecule has 6 nitrogen and oxygen atoms in total. The van der Waals surface area contributed by atoms with E-state index in [0.29, 0.717) is 41.2 Å². The van der Waals surface area contributed by atoms with E-state index in [0.717, 1.165) is 5.56 Å². The predicted octanol–water partition coefficient (Wildman–Crippen LogP) is 3.29. The number of H-pyrrole nitrogens is 1. The maximum absolute atomic E-state index is 12.6. The zero-order valence-electron chi connectivity index (χ0n) is 14.6. The molecule has 0 radical (unpaired) electrons. The number of hydrogen-bond donors (Lipinski definition) is 2. The van der Waals surface area contributed by atoms with Gasteiger partial charge in [0.15, 0.2) is 4.77 Å². The van der Waals surface area contributed by atoms with Gasteiger partial charge in [0.2, 0.25) is 0 Å². The number of carbonyl (C=O) groups is 1. The number of carbonyl (C=O) groups excluding carboxylic acids is 1. The second-order valence-corrected chi connectivity index (χ2v) is 6.71. The number of methoxy groups -OCH3 is 1. The van der Waals surface area contributed by atoms with Crippen molar-refractivity contribution in [1.82, 2.24) is 14.9 Å². The lowest BCUT2D eigenvalue weighted by Crippen LogP contribution is -2.25. The monoisotopic (exact) mass is 403 g/mol. The van der Waals surface area contributed by atoms with Crippen molar-refractivity contribution in [3.05, 3.63) is 73.7 Å². The topological polar surface area (TPSA) is 76.1 Å². The molecule has 0 atom stereocenters. The number of hydrogen-bond acceptors (Lipinski definition) is 4. The van der Waals surface area contributed by atoms with Gasteiger partial charge in [-0.15, -0.1) is 0 Å². The first kappa shape index (κ1) is 19.3. The second kappa shape index (κ2) is 8.47. The molecule has 1 heterocycles. The average molecular weight is 404 g/mol. The maximum atomic E-state index is 12.6. The number of aromatic amines is 1. The Balaban J connectivity index is 1.86. The van der Waals surface area contributed by atoms with Crippen LogP contribution in [0, 0.1) is 4.77 Å². The highest BCUT2D eigenvalue weighted by molar-refractivity contribution is 7.71. The molecule has 0 unspecified atom stereocenters. The van der Waals surface area contributed by atoms with Crippen molar-refractivity contribution in [2.24, 2.45) is 0 Å². The van der Waals surface area contributed by atoms with Crippen LogP contribution >= 0.6 is 23.8 Å². The molecule has 27 heavy (non-hydrogen) atoms. The normalized spacial score (nSPS) is 10.9. The fourth-order valence-electron chi connectivity index (χ4n) is 2.70. The number of benzene rings is 2. The van der Waals surface area contributed by atoms with Crippen LogP contribution in [0.5, 0.6) is 0 Å². The SMILES string of the molecule is COCCn1c(=S)[nH]c2cc(C(=O)NCc3ccccc3Cl)ccc2c1=O. The summed E-state index contributed by atoms with van der Waals surface area (Å²) in [6.07, 6.45) is 0. The second-order valence-electron chi connectivity index (χ2n) is 5.91. The Kier molecular flexibility index (Phi) is 6.05. The number of ether oxygens (including phenoxy) is 1. The summed E-state index contributed by atoms with van der Waals surface area (Å²) in [7, 11) is 1.56. The molecule has 2 N–H and O–H groups in total. The number of fused-ring (bicyclic) bond motifs is 1. The Morgan fingerprint density at radius 3 is 2.81 bits per heavy atom. The van der Waals surface area contributed by atoms with Gasteiger partial charge in [0.05, 0.1) is 24.1 Å². The lowest BCUT2D eigenvalue weighted by molar-refractivity contribution is 0.0951. The third kappa shape index (κ3) is 4.27. The maximum Gasteiger partial charge on any atom is 0.262 e. The van der Waals surface area contributed by atoms with Crippen LogP contribution in [0.1, 0.15) is 15.9 Å². The molecule has 140 valence electrons. The summed E-state index contributed by atoms with van der Waals surface area (Å²) in [6.45, 7) is 1.05. The van der Waals surface area contributed by atoms with Crippen molar-refractivity contribution in [3.8, 4) is 0 Å². The lowest BCUT2D eigenvalue weighted by Gasteiger charge is -2.10. The molecule has 0 aliphatic carbocycles. The summed E-state index contributed by atoms with van der Waals surface area (Å²) < 4.78 is 6.74. The minimum Gasteiger partial charge on any atom is -0.383 e. The van der Waals surface area contributed by atoms with Crippen molar-refractivity contribution in [3.63, 3.8) is 0 Å². The van der Waals surface area contributed by atoms with Gasteiger partial charge < -0.3 is 15.0 Å². The Hall–Kier alpha value is -2.48. The van der Waals surface area contributed by atoms with Gasteiger partial charge in [-0.25, -0.2) is 0 Å². The van der Waals surface area contributed by atoms with Crippen LogP contribution in [0.3, 0.4) is 0 Å². The Morgan fingerprint density at radius 1 is 1.30 bits per heavy atom. The van der Waals surface area contributed by atoms with E-state index in [2.05, 4.69) is 10.3 Å². The van der Waals surface area contributed by atoms with E-state index in [-0.39, 0.29) is 16.2 Å². The lowest BCUT2D eigenvalue weighted by atomic mass is 10.1. The zero-order valence-corrected chi connectivity index (χ0v) is 16.2. The Morgan fingerprint density at radius 2 is 2.07 bits per heavy atom. The number of rotatable bonds is 6. The molecule has 1 amide bonds. The van der Waals surface area contributed by atoms with Crippen LogP contribution in [0.2, 0.25) is 5.02 Å². The van der Waals surface area contributed by atoms with Crippen LogP contribution in [-0.4, -0.2) is 29.2 Å². The van der Waals surface area contributed by atoms with E-state index in [9.17, 15) is 9.59 Å². The third-order valence-corrected chi connectivity index (χ3v) is 4.85. The summed E-state index contributed by atoms with van der Waals surface area (Å²) >= 11 is 11.4. The van der Waals surface area contributed by atoms with Crippen LogP contribution in [0.25, 0.3) is 10.9 Å². The molecular formula is C19H18ClN3O3S. The van der Waals surface area contributed by atoms with E-state index in [1.807, 2.05) is 18.2 Å². The third-order valence-electron chi connectivity index (χ3n) is 4.16. The van der Waals surface area contributed by atoms with Gasteiger partial charge in [0.1, 0.15) is 0 Å². The molecular weight excluding hydrogens is 386 g/mol. The molecule has 0 aliphatic rings. The van der Waals surface area contributed by atoms with Gasteiger partial charge in [-0.05, 0) is 42.0 Å². The van der Waals surface area contributed by atoms with Crippen LogP contribution < -0.4 is 10.9 Å². The van der Waals surface area contributed by atoms with E-state index >= 15 is 0 Å². The Labute approximate surface area is 165 Å². The van der Waals surface area contributed by atoms with E-state index < -0.39 is 0 Å². The van der Waals surface area contributed by atoms with Gasteiger partial charge in [0, 0.05) is 24.2 Å². The first-order valence-electron chi connectivity index (χ1n) is 8.28. The van der Waals surface area contributed by atoms with Gasteiger partial charge >= 0.3 is 0 Å². The van der Waals surface area contributed by atoms with Gasteiger partial charge in [-0.3, -0.25) is 14.2 Å². The molecule has 0 saturated heterocycles. The van der Waals surface area contributed by atoms with Crippen molar-refractivity contribution in [2.45, 2.75) is 13.1 Å². The van der Waals surface area contributed by atoms with Crippen LogP contribution in [0.4, 0.5) is 0 Å². The first-order valence-corrected chi connectivity index (χ1v) is 9.07. The van der Waals surface area contributed by atoms with Gasteiger partial charge in [0.25, 0.3) is 11.5 Å². The van der Waals surface area contributed by atoms with E-state index in [1.54, 1.807) is 31.4 Å². The first-order chi connectivity index (χ1) is 13.0. The standard InChI is InChI=1S/C19H18ClN3O3S/c1-26-9-8-23-18(25)14-7-6-12(10-16(14)22-19(23)27)17(24)21-11-13-4-2-3-5-15(13)20/h2-7,10H,8-9,11H2,1H3,(H,21,24)(H,22,27). The number of halogens is 1. The molecule has 3 rings (SSSR count). The Bertz CT molecular complexity index is 1110. The molecule has 2 aromatic carbocycles. The largest absolute Gasteiger partial charge is 0.383 e.